The molecule has 0 aromatic rings. The Bertz CT molecular complexity index is 511. The zero-order chi connectivity index (χ0) is 13.2. The van der Waals surface area contributed by atoms with Crippen molar-refractivity contribution in [2.45, 2.75) is 35.9 Å². The standard InChI is InChI=1S/C9H14N2O5S/c1-8(2)9(4-10,7(13)14)11-5(12)3-6(11)17(8,15)16/h6H,3-4,10H2,1-2H3,(H,13,14)/t6-,9+/m1/s1. The number of hydrogen-bond donors (Lipinski definition) is 2. The number of hydrogen-bond acceptors (Lipinski definition) is 5. The molecule has 0 bridgehead atoms. The van der Waals surface area contributed by atoms with Crippen LogP contribution in [-0.4, -0.2) is 52.5 Å². The van der Waals surface area contributed by atoms with Gasteiger partial charge in [0.25, 0.3) is 0 Å². The van der Waals surface area contributed by atoms with E-state index in [1.807, 2.05) is 0 Å². The first-order chi connectivity index (χ1) is 7.64. The molecule has 7 nitrogen and oxygen atoms in total. The summed E-state index contributed by atoms with van der Waals surface area (Å²) < 4.78 is 22.8. The van der Waals surface area contributed by atoms with E-state index in [0.717, 1.165) is 4.90 Å². The summed E-state index contributed by atoms with van der Waals surface area (Å²) >= 11 is 0. The van der Waals surface area contributed by atoms with Crippen LogP contribution in [0.5, 0.6) is 0 Å². The molecule has 2 rings (SSSR count). The van der Waals surface area contributed by atoms with Gasteiger partial charge in [0.2, 0.25) is 5.91 Å². The average Bonchev–Trinajstić information content (AvgIpc) is 2.30. The zero-order valence-corrected chi connectivity index (χ0v) is 10.3. The Kier molecular flexibility index (Phi) is 2.17. The quantitative estimate of drug-likeness (QED) is 0.587. The minimum atomic E-state index is -3.72. The summed E-state index contributed by atoms with van der Waals surface area (Å²) in [7, 11) is -3.72. The van der Waals surface area contributed by atoms with Crippen LogP contribution in [0.1, 0.15) is 20.3 Å². The van der Waals surface area contributed by atoms with Crippen molar-refractivity contribution in [2.75, 3.05) is 6.54 Å². The molecule has 2 saturated heterocycles. The lowest BCUT2D eigenvalue weighted by molar-refractivity contribution is -0.167. The number of rotatable bonds is 2. The monoisotopic (exact) mass is 262 g/mol. The lowest BCUT2D eigenvalue weighted by atomic mass is 9.82. The SMILES string of the molecule is CC1(C)[C@](CN)(C(=O)O)N2C(=O)C[C@H]2S1(=O)=O. The van der Waals surface area contributed by atoms with Gasteiger partial charge in [-0.2, -0.15) is 0 Å². The molecule has 2 fully saturated rings. The highest BCUT2D eigenvalue weighted by molar-refractivity contribution is 7.93. The Morgan fingerprint density at radius 2 is 2.12 bits per heavy atom. The Labute approximate surface area is 98.5 Å². The molecule has 0 aromatic carbocycles. The van der Waals surface area contributed by atoms with Crippen molar-refractivity contribution >= 4 is 21.7 Å². The van der Waals surface area contributed by atoms with Crippen molar-refractivity contribution in [2.24, 2.45) is 5.73 Å². The van der Waals surface area contributed by atoms with E-state index in [1.54, 1.807) is 0 Å². The molecule has 17 heavy (non-hydrogen) atoms. The normalized spacial score (nSPS) is 37.5. The van der Waals surface area contributed by atoms with Gasteiger partial charge in [-0.1, -0.05) is 0 Å². The molecule has 0 unspecified atom stereocenters. The fourth-order valence-electron chi connectivity index (χ4n) is 2.75. The van der Waals surface area contributed by atoms with Crippen molar-refractivity contribution in [3.63, 3.8) is 0 Å². The summed E-state index contributed by atoms with van der Waals surface area (Å²) in [6.45, 7) is 2.21. The second-order valence-electron chi connectivity index (χ2n) is 4.85. The second-order valence-corrected chi connectivity index (χ2v) is 7.50. The number of amides is 1. The number of nitrogens with two attached hydrogens (primary N) is 1. The van der Waals surface area contributed by atoms with Gasteiger partial charge in [-0.05, 0) is 13.8 Å². The van der Waals surface area contributed by atoms with E-state index in [9.17, 15) is 23.1 Å². The van der Waals surface area contributed by atoms with Gasteiger partial charge in [-0.3, -0.25) is 4.79 Å². The van der Waals surface area contributed by atoms with Crippen LogP contribution >= 0.6 is 0 Å². The maximum atomic E-state index is 12.2. The Morgan fingerprint density at radius 1 is 1.59 bits per heavy atom. The van der Waals surface area contributed by atoms with Crippen LogP contribution < -0.4 is 5.73 Å². The van der Waals surface area contributed by atoms with E-state index in [1.165, 1.54) is 13.8 Å². The maximum absolute atomic E-state index is 12.2. The van der Waals surface area contributed by atoms with Crippen molar-refractivity contribution in [1.29, 1.82) is 0 Å². The summed E-state index contributed by atoms with van der Waals surface area (Å²) in [5, 5.41) is 8.30. The van der Waals surface area contributed by atoms with Crippen molar-refractivity contribution in [1.82, 2.24) is 4.90 Å². The molecule has 0 radical (unpaired) electrons. The number of aliphatic carboxylic acids is 1. The summed E-state index contributed by atoms with van der Waals surface area (Å²) in [4.78, 5) is 23.9. The number of carboxylic acids is 1. The van der Waals surface area contributed by atoms with Crippen LogP contribution in [0.25, 0.3) is 0 Å². The fraction of sp³-hybridized carbons (Fsp3) is 0.778. The molecule has 2 aliphatic heterocycles. The van der Waals surface area contributed by atoms with Crippen molar-refractivity contribution in [3.8, 4) is 0 Å². The van der Waals surface area contributed by atoms with E-state index in [4.69, 9.17) is 5.73 Å². The summed E-state index contributed by atoms with van der Waals surface area (Å²) in [5.41, 5.74) is 3.62. The van der Waals surface area contributed by atoms with Crippen LogP contribution in [0, 0.1) is 0 Å². The predicted octanol–water partition coefficient (Wildman–Crippen LogP) is -1.47. The fourth-order valence-corrected chi connectivity index (χ4v) is 5.11. The molecule has 0 saturated carbocycles. The first kappa shape index (κ1) is 12.3. The summed E-state index contributed by atoms with van der Waals surface area (Å²) in [6, 6.07) is 0. The van der Waals surface area contributed by atoms with Crippen LogP contribution in [0.15, 0.2) is 0 Å². The molecule has 96 valence electrons. The third-order valence-corrected chi connectivity index (χ3v) is 6.89. The van der Waals surface area contributed by atoms with E-state index in [-0.39, 0.29) is 6.42 Å². The Morgan fingerprint density at radius 3 is 2.41 bits per heavy atom. The third-order valence-electron chi connectivity index (χ3n) is 4.03. The molecule has 2 atom stereocenters. The van der Waals surface area contributed by atoms with Gasteiger partial charge in [0, 0.05) is 6.54 Å². The number of fused-ring (bicyclic) bond motifs is 1. The second kappa shape index (κ2) is 2.99. The third kappa shape index (κ3) is 0.987. The van der Waals surface area contributed by atoms with Gasteiger partial charge in [0.1, 0.15) is 10.1 Å². The molecule has 0 aliphatic carbocycles. The number of carbonyl (C=O) groups is 2. The highest BCUT2D eigenvalue weighted by Crippen LogP contribution is 2.51. The Hall–Kier alpha value is -1.15. The largest absolute Gasteiger partial charge is 0.479 e. The van der Waals surface area contributed by atoms with Crippen molar-refractivity contribution in [3.05, 3.63) is 0 Å². The van der Waals surface area contributed by atoms with Gasteiger partial charge in [0.15, 0.2) is 15.4 Å². The van der Waals surface area contributed by atoms with E-state index >= 15 is 0 Å². The molecule has 0 spiro atoms. The minimum Gasteiger partial charge on any atom is -0.479 e. The van der Waals surface area contributed by atoms with Crippen molar-refractivity contribution < 1.29 is 23.1 Å². The molecular weight excluding hydrogens is 248 g/mol. The lowest BCUT2D eigenvalue weighted by Crippen LogP contribution is -2.70. The highest BCUT2D eigenvalue weighted by Gasteiger charge is 2.76. The lowest BCUT2D eigenvalue weighted by Gasteiger charge is -2.44. The van der Waals surface area contributed by atoms with Gasteiger partial charge in [-0.25, -0.2) is 13.2 Å². The number of sulfone groups is 1. The zero-order valence-electron chi connectivity index (χ0n) is 9.50. The number of nitrogens with zero attached hydrogens (tertiary/aromatic N) is 1. The summed E-state index contributed by atoms with van der Waals surface area (Å²) in [6.07, 6.45) is -0.152. The number of carboxylic acid groups (broad SMARTS) is 1. The van der Waals surface area contributed by atoms with E-state index in [2.05, 4.69) is 0 Å². The first-order valence-electron chi connectivity index (χ1n) is 5.13. The summed E-state index contributed by atoms with van der Waals surface area (Å²) in [5.74, 6) is -1.85. The smallest absolute Gasteiger partial charge is 0.332 e. The molecule has 8 heteroatoms. The van der Waals surface area contributed by atoms with Gasteiger partial charge in [0.05, 0.1) is 6.42 Å². The molecule has 2 heterocycles. The number of carbonyl (C=O) groups excluding carboxylic acids is 1. The molecule has 1 amide bonds. The molecule has 2 aliphatic rings. The van der Waals surface area contributed by atoms with Crippen LogP contribution in [0.2, 0.25) is 0 Å². The minimum absolute atomic E-state index is 0.152. The van der Waals surface area contributed by atoms with Gasteiger partial charge >= 0.3 is 5.97 Å². The predicted molar refractivity (Wildman–Crippen MR) is 57.7 cm³/mol. The molecule has 0 aromatic heterocycles. The van der Waals surface area contributed by atoms with Crippen LogP contribution in [0.4, 0.5) is 0 Å². The van der Waals surface area contributed by atoms with Gasteiger partial charge in [-0.15, -0.1) is 0 Å². The first-order valence-corrected chi connectivity index (χ1v) is 6.68. The maximum Gasteiger partial charge on any atom is 0.332 e. The Balaban J connectivity index is 2.74. The van der Waals surface area contributed by atoms with Crippen LogP contribution in [-0.2, 0) is 19.4 Å². The number of β-lactam (4-membered cyclic amide) rings is 1. The topological polar surface area (TPSA) is 118 Å². The average molecular weight is 262 g/mol. The van der Waals surface area contributed by atoms with E-state index in [0.29, 0.717) is 0 Å². The molecule has 3 N–H and O–H groups in total. The van der Waals surface area contributed by atoms with E-state index < -0.39 is 43.9 Å². The van der Waals surface area contributed by atoms with Gasteiger partial charge < -0.3 is 15.7 Å². The van der Waals surface area contributed by atoms with Crippen LogP contribution in [0.3, 0.4) is 0 Å². The molecular formula is C9H14N2O5S. The highest BCUT2D eigenvalue weighted by atomic mass is 32.2.